The zero-order valence-electron chi connectivity index (χ0n) is 13.3. The lowest BCUT2D eigenvalue weighted by Gasteiger charge is -2.42. The number of aliphatic carboxylic acids is 2. The van der Waals surface area contributed by atoms with Crippen molar-refractivity contribution in [2.75, 3.05) is 7.11 Å². The first-order chi connectivity index (χ1) is 10.9. The zero-order chi connectivity index (χ0) is 16.8. The largest absolute Gasteiger partial charge is 0.497 e. The van der Waals surface area contributed by atoms with E-state index >= 15 is 0 Å². The van der Waals surface area contributed by atoms with Gasteiger partial charge in [-0.1, -0.05) is 6.07 Å². The number of methoxy groups -OCH3 is 1. The van der Waals surface area contributed by atoms with Crippen molar-refractivity contribution >= 4 is 17.5 Å². The van der Waals surface area contributed by atoms with Crippen LogP contribution < -0.4 is 4.74 Å². The van der Waals surface area contributed by atoms with Gasteiger partial charge in [0.25, 0.3) is 0 Å². The minimum Gasteiger partial charge on any atom is -0.497 e. The van der Waals surface area contributed by atoms with E-state index in [2.05, 4.69) is 0 Å². The fourth-order valence-corrected chi connectivity index (χ4v) is 4.07. The molecule has 2 aliphatic rings. The number of ether oxygens (including phenoxy) is 1. The number of allylic oxidation sites excluding steroid dienone is 1. The molecule has 0 aromatic heterocycles. The second-order valence-corrected chi connectivity index (χ2v) is 6.42. The summed E-state index contributed by atoms with van der Waals surface area (Å²) < 4.78 is 5.26. The van der Waals surface area contributed by atoms with Crippen LogP contribution in [0.4, 0.5) is 0 Å². The molecule has 0 heterocycles. The first kappa shape index (κ1) is 15.6. The van der Waals surface area contributed by atoms with Crippen LogP contribution in [0.5, 0.6) is 5.75 Å². The molecule has 2 N–H and O–H groups in total. The van der Waals surface area contributed by atoms with Crippen LogP contribution in [0.15, 0.2) is 23.8 Å². The predicted octanol–water partition coefficient (Wildman–Crippen LogP) is 2.98. The van der Waals surface area contributed by atoms with Crippen LogP contribution in [-0.2, 0) is 16.0 Å². The molecular formula is C18H20O5. The lowest BCUT2D eigenvalue weighted by atomic mass is 9.60. The van der Waals surface area contributed by atoms with E-state index < -0.39 is 23.3 Å². The Balaban J connectivity index is 2.16. The maximum atomic E-state index is 11.9. The second kappa shape index (κ2) is 5.41. The van der Waals surface area contributed by atoms with Gasteiger partial charge in [-0.15, -0.1) is 0 Å². The number of carbonyl (C=O) groups is 2. The topological polar surface area (TPSA) is 83.8 Å². The number of benzene rings is 1. The number of hydrogen-bond donors (Lipinski definition) is 2. The van der Waals surface area contributed by atoms with Crippen LogP contribution in [0.1, 0.15) is 37.3 Å². The van der Waals surface area contributed by atoms with Gasteiger partial charge in [0.15, 0.2) is 0 Å². The molecule has 0 bridgehead atoms. The maximum Gasteiger partial charge on any atom is 0.314 e. The molecule has 0 radical (unpaired) electrons. The summed E-state index contributed by atoms with van der Waals surface area (Å²) in [4.78, 5) is 23.5. The lowest BCUT2D eigenvalue weighted by Crippen LogP contribution is -2.45. The standard InChI is InChI=1S/C18H20O5/c1-18(17(21)22)14-7-3-10-9-11(23-2)4-5-12(10)13(14)6-8-15(18)16(19)20/h4-5,9,15H,3,6-8H2,1-2H3,(H,19,20)(H,21,22)/t15-,18+/m1/s1. The summed E-state index contributed by atoms with van der Waals surface area (Å²) in [5.41, 5.74) is 2.64. The van der Waals surface area contributed by atoms with E-state index in [0.717, 1.165) is 28.0 Å². The molecule has 122 valence electrons. The van der Waals surface area contributed by atoms with Crippen LogP contribution in [0.25, 0.3) is 5.57 Å². The Bertz CT molecular complexity index is 718. The first-order valence-electron chi connectivity index (χ1n) is 7.75. The number of rotatable bonds is 3. The molecule has 2 atom stereocenters. The van der Waals surface area contributed by atoms with Crippen molar-refractivity contribution in [1.82, 2.24) is 0 Å². The zero-order valence-corrected chi connectivity index (χ0v) is 13.3. The summed E-state index contributed by atoms with van der Waals surface area (Å²) in [7, 11) is 1.62. The molecular weight excluding hydrogens is 296 g/mol. The van der Waals surface area contributed by atoms with Crippen LogP contribution in [0, 0.1) is 11.3 Å². The molecule has 1 aromatic carbocycles. The third-order valence-electron chi connectivity index (χ3n) is 5.40. The molecule has 0 aliphatic heterocycles. The summed E-state index contributed by atoms with van der Waals surface area (Å²) in [6.45, 7) is 1.57. The summed E-state index contributed by atoms with van der Waals surface area (Å²) in [5.74, 6) is -2.16. The van der Waals surface area contributed by atoms with Crippen molar-refractivity contribution in [2.45, 2.75) is 32.6 Å². The van der Waals surface area contributed by atoms with Gasteiger partial charge in [-0.3, -0.25) is 9.59 Å². The van der Waals surface area contributed by atoms with E-state index in [1.54, 1.807) is 14.0 Å². The summed E-state index contributed by atoms with van der Waals surface area (Å²) in [5, 5.41) is 19.2. The van der Waals surface area contributed by atoms with Gasteiger partial charge in [-0.25, -0.2) is 0 Å². The highest BCUT2D eigenvalue weighted by molar-refractivity contribution is 5.91. The Morgan fingerprint density at radius 2 is 1.96 bits per heavy atom. The number of fused-ring (bicyclic) bond motifs is 2. The average Bonchev–Trinajstić information content (AvgIpc) is 2.53. The summed E-state index contributed by atoms with van der Waals surface area (Å²) in [6, 6.07) is 5.82. The number of hydrogen-bond acceptors (Lipinski definition) is 3. The molecule has 0 fully saturated rings. The van der Waals surface area contributed by atoms with E-state index in [1.807, 2.05) is 18.2 Å². The Labute approximate surface area is 134 Å². The van der Waals surface area contributed by atoms with Gasteiger partial charge in [-0.2, -0.15) is 0 Å². The van der Waals surface area contributed by atoms with Gasteiger partial charge in [0.1, 0.15) is 5.75 Å². The van der Waals surface area contributed by atoms with Crippen molar-refractivity contribution in [2.24, 2.45) is 11.3 Å². The van der Waals surface area contributed by atoms with Gasteiger partial charge in [0.2, 0.25) is 0 Å². The van der Waals surface area contributed by atoms with E-state index in [-0.39, 0.29) is 0 Å². The highest BCUT2D eigenvalue weighted by Crippen LogP contribution is 2.52. The molecule has 3 rings (SSSR count). The highest BCUT2D eigenvalue weighted by Gasteiger charge is 2.52. The van der Waals surface area contributed by atoms with E-state index in [1.165, 1.54) is 0 Å². The van der Waals surface area contributed by atoms with Crippen molar-refractivity contribution in [3.05, 3.63) is 34.9 Å². The van der Waals surface area contributed by atoms with Crippen LogP contribution >= 0.6 is 0 Å². The van der Waals surface area contributed by atoms with Crippen molar-refractivity contribution in [3.8, 4) is 5.75 Å². The molecule has 23 heavy (non-hydrogen) atoms. The SMILES string of the molecule is COc1ccc2c(c1)CCC1=C2CC[C@H](C(=O)O)[C@@]1(C)C(=O)O. The van der Waals surface area contributed by atoms with Gasteiger partial charge in [-0.05, 0) is 67.0 Å². The molecule has 0 unspecified atom stereocenters. The van der Waals surface area contributed by atoms with Gasteiger partial charge >= 0.3 is 11.9 Å². The van der Waals surface area contributed by atoms with Gasteiger partial charge in [0, 0.05) is 0 Å². The van der Waals surface area contributed by atoms with Crippen LogP contribution in [0.3, 0.4) is 0 Å². The quantitative estimate of drug-likeness (QED) is 0.895. The van der Waals surface area contributed by atoms with E-state index in [0.29, 0.717) is 25.7 Å². The van der Waals surface area contributed by atoms with Crippen molar-refractivity contribution in [3.63, 3.8) is 0 Å². The van der Waals surface area contributed by atoms with Gasteiger partial charge < -0.3 is 14.9 Å². The number of carboxylic acids is 2. The Hall–Kier alpha value is -2.30. The fraction of sp³-hybridized carbons (Fsp3) is 0.444. The predicted molar refractivity (Wildman–Crippen MR) is 84.3 cm³/mol. The van der Waals surface area contributed by atoms with Gasteiger partial charge in [0.05, 0.1) is 18.4 Å². The molecule has 0 saturated heterocycles. The third kappa shape index (κ3) is 2.22. The molecule has 1 aromatic rings. The van der Waals surface area contributed by atoms with Crippen LogP contribution in [-0.4, -0.2) is 29.3 Å². The Morgan fingerprint density at radius 3 is 2.57 bits per heavy atom. The lowest BCUT2D eigenvalue weighted by molar-refractivity contribution is -0.159. The van der Waals surface area contributed by atoms with E-state index in [9.17, 15) is 19.8 Å². The summed E-state index contributed by atoms with van der Waals surface area (Å²) in [6.07, 6.45) is 2.25. The fourth-order valence-electron chi connectivity index (χ4n) is 4.07. The van der Waals surface area contributed by atoms with E-state index in [4.69, 9.17) is 4.74 Å². The minimum absolute atomic E-state index is 0.350. The third-order valence-corrected chi connectivity index (χ3v) is 5.40. The molecule has 2 aliphatic carbocycles. The molecule has 0 saturated carbocycles. The number of carboxylic acid groups (broad SMARTS) is 2. The van der Waals surface area contributed by atoms with Crippen molar-refractivity contribution < 1.29 is 24.5 Å². The maximum absolute atomic E-state index is 11.9. The Morgan fingerprint density at radius 1 is 1.22 bits per heavy atom. The summed E-state index contributed by atoms with van der Waals surface area (Å²) >= 11 is 0. The second-order valence-electron chi connectivity index (χ2n) is 6.42. The van der Waals surface area contributed by atoms with Crippen molar-refractivity contribution in [1.29, 1.82) is 0 Å². The normalized spacial score (nSPS) is 26.3. The van der Waals surface area contributed by atoms with Crippen LogP contribution in [0.2, 0.25) is 0 Å². The molecule has 5 nitrogen and oxygen atoms in total. The smallest absolute Gasteiger partial charge is 0.314 e. The molecule has 5 heteroatoms. The number of aryl methyl sites for hydroxylation is 1. The monoisotopic (exact) mass is 316 g/mol. The Kier molecular flexibility index (Phi) is 3.66. The highest BCUT2D eigenvalue weighted by atomic mass is 16.5. The molecule has 0 spiro atoms. The average molecular weight is 316 g/mol. The minimum atomic E-state index is -1.34. The molecule has 0 amide bonds. The first-order valence-corrected chi connectivity index (χ1v) is 7.75.